The van der Waals surface area contributed by atoms with Crippen LogP contribution in [0.15, 0.2) is 24.3 Å². The summed E-state index contributed by atoms with van der Waals surface area (Å²) in [4.78, 5) is 0. The van der Waals surface area contributed by atoms with E-state index in [-0.39, 0.29) is 0 Å². The zero-order chi connectivity index (χ0) is 64.0. The lowest BCUT2D eigenvalue weighted by molar-refractivity contribution is 0.189. The van der Waals surface area contributed by atoms with Gasteiger partial charge < -0.3 is 0 Å². The zero-order valence-corrected chi connectivity index (χ0v) is 63.4. The quantitative estimate of drug-likeness (QED) is 0.135. The van der Waals surface area contributed by atoms with E-state index in [2.05, 4.69) is 218 Å². The molecular weight excluding hydrogens is 1010 g/mol. The maximum Gasteiger partial charge on any atom is -0.0205 e. The molecule has 0 spiro atoms. The van der Waals surface area contributed by atoms with Gasteiger partial charge in [0.1, 0.15) is 0 Å². The fourth-order valence-electron chi connectivity index (χ4n) is 16.5. The van der Waals surface area contributed by atoms with E-state index >= 15 is 0 Å². The lowest BCUT2D eigenvalue weighted by atomic mass is 9.73. The molecule has 0 aromatic heterocycles. The van der Waals surface area contributed by atoms with Crippen molar-refractivity contribution < 1.29 is 0 Å². The Morgan fingerprint density at radius 3 is 0.512 bits per heavy atom. The minimum atomic E-state index is 0.828. The zero-order valence-electron chi connectivity index (χ0n) is 63.4. The number of allylic oxidation sites excluding steroid dienone is 4. The van der Waals surface area contributed by atoms with Crippen LogP contribution in [0.2, 0.25) is 0 Å². The molecule has 5 saturated carbocycles. The molecule has 7 aliphatic rings. The first kappa shape index (κ1) is 81.5. The second-order valence-electron chi connectivity index (χ2n) is 35.7. The minimum absolute atomic E-state index is 0.828. The SMILES string of the molecule is CC(C)C1C=CC(C(C)C)C1.CC(C)C1C=CC(C(C)C)CC1.CC(C)C1CCC(C(C)C)C1.CC(C)C1CCC(C(C)C)CC1.CC(C)C1CCC(C(C)C)CC1.CC(C)CC1CCC(C(C)C)CC1.CC(C)CC1CCC(C(C)C)CC1. The Hall–Kier alpha value is -0.520. The summed E-state index contributed by atoms with van der Waals surface area (Å²) in [6.07, 6.45) is 45.2. The van der Waals surface area contributed by atoms with E-state index in [1.165, 1.54) is 154 Å². The van der Waals surface area contributed by atoms with Crippen molar-refractivity contribution in [3.8, 4) is 0 Å². The van der Waals surface area contributed by atoms with Gasteiger partial charge in [0.25, 0.3) is 0 Å². The van der Waals surface area contributed by atoms with Gasteiger partial charge in [-0.15, -0.1) is 0 Å². The fraction of sp³-hybridized carbons (Fsp3) is 0.952. The minimum Gasteiger partial charge on any atom is -0.0849 e. The second-order valence-corrected chi connectivity index (χ2v) is 35.7. The van der Waals surface area contributed by atoms with Crippen LogP contribution in [-0.4, -0.2) is 0 Å². The van der Waals surface area contributed by atoms with Gasteiger partial charge in [0.2, 0.25) is 0 Å². The third-order valence-corrected chi connectivity index (χ3v) is 24.1. The maximum atomic E-state index is 2.44. The van der Waals surface area contributed by atoms with Crippen LogP contribution in [0.3, 0.4) is 0 Å². The molecule has 0 bridgehead atoms. The van der Waals surface area contributed by atoms with Crippen LogP contribution in [0.5, 0.6) is 0 Å². The van der Waals surface area contributed by atoms with Crippen LogP contribution in [0.4, 0.5) is 0 Å². The third-order valence-electron chi connectivity index (χ3n) is 24.1. The monoisotopic (exact) mass is 1170 g/mol. The maximum absolute atomic E-state index is 2.44. The van der Waals surface area contributed by atoms with E-state index in [1.54, 1.807) is 0 Å². The smallest absolute Gasteiger partial charge is 0.0205 e. The highest BCUT2D eigenvalue weighted by Crippen LogP contribution is 2.42. The van der Waals surface area contributed by atoms with Crippen LogP contribution in [-0.2, 0) is 0 Å². The van der Waals surface area contributed by atoms with Gasteiger partial charge in [0.15, 0.2) is 0 Å². The van der Waals surface area contributed by atoms with E-state index in [1.807, 2.05) is 0 Å². The van der Waals surface area contributed by atoms with Crippen LogP contribution in [0.25, 0.3) is 0 Å². The molecule has 0 heterocycles. The summed E-state index contributed by atoms with van der Waals surface area (Å²) in [5, 5.41) is 0. The molecule has 0 heteroatoms. The van der Waals surface area contributed by atoms with Crippen LogP contribution in [0, 0.1) is 166 Å². The number of hydrogen-bond acceptors (Lipinski definition) is 0. The van der Waals surface area contributed by atoms with Gasteiger partial charge in [-0.1, -0.05) is 244 Å². The molecule has 0 N–H and O–H groups in total. The third kappa shape index (κ3) is 34.6. The molecule has 7 aliphatic carbocycles. The predicted molar refractivity (Wildman–Crippen MR) is 386 cm³/mol. The van der Waals surface area contributed by atoms with Crippen molar-refractivity contribution in [3.63, 3.8) is 0 Å². The van der Waals surface area contributed by atoms with Gasteiger partial charge in [0.05, 0.1) is 0 Å². The van der Waals surface area contributed by atoms with E-state index in [0.29, 0.717) is 0 Å². The average molecular weight is 1170 g/mol. The first-order chi connectivity index (χ1) is 39.2. The number of hydrogen-bond donors (Lipinski definition) is 0. The molecule has 0 saturated heterocycles. The van der Waals surface area contributed by atoms with Crippen LogP contribution in [0.1, 0.15) is 348 Å². The Kier molecular flexibility index (Phi) is 42.7. The van der Waals surface area contributed by atoms with Crippen molar-refractivity contribution in [2.45, 2.75) is 348 Å². The van der Waals surface area contributed by atoms with Gasteiger partial charge in [0, 0.05) is 0 Å². The lowest BCUT2D eigenvalue weighted by Gasteiger charge is -2.32. The Morgan fingerprint density at radius 1 is 0.190 bits per heavy atom. The Balaban J connectivity index is 0.000000490. The molecule has 5 fully saturated rings. The van der Waals surface area contributed by atoms with E-state index < -0.39 is 0 Å². The Labute approximate surface area is 535 Å². The fourth-order valence-corrected chi connectivity index (χ4v) is 16.5. The number of rotatable bonds is 16. The van der Waals surface area contributed by atoms with Crippen molar-refractivity contribution in [2.24, 2.45) is 166 Å². The van der Waals surface area contributed by atoms with Gasteiger partial charge in [-0.3, -0.25) is 0 Å². The molecule has 0 aromatic rings. The summed E-state index contributed by atoms with van der Waals surface area (Å²) >= 11 is 0. The molecule has 84 heavy (non-hydrogen) atoms. The summed E-state index contributed by atoms with van der Waals surface area (Å²) in [6, 6.07) is 0. The van der Waals surface area contributed by atoms with Crippen molar-refractivity contribution >= 4 is 0 Å². The van der Waals surface area contributed by atoms with Crippen LogP contribution >= 0.6 is 0 Å². The van der Waals surface area contributed by atoms with Crippen molar-refractivity contribution in [1.29, 1.82) is 0 Å². The molecule has 0 amide bonds. The largest absolute Gasteiger partial charge is 0.0849 e. The Morgan fingerprint density at radius 2 is 0.369 bits per heavy atom. The standard InChI is InChI=1S/2C13H26.2C12H24.C12H22.C11H22.C11H20/c2*1-10(2)9-12-5-7-13(8-6-12)11(3)4;3*1-9(2)11-5-7-12(8-6-11)10(3)4;2*1-8(2)10-5-6-11(7-10)9(3)4/h2*10-13H,5-9H2,1-4H3;2*9-12H,5-8H2,1-4H3;5,7,9-12H,6,8H2,1-4H3;8-11H,5-7H2,1-4H3;5-6,8-11H,7H2,1-4H3. The topological polar surface area (TPSA) is 0 Å². The molecule has 0 aliphatic heterocycles. The second kappa shape index (κ2) is 44.1. The van der Waals surface area contributed by atoms with Gasteiger partial charge in [-0.2, -0.15) is 0 Å². The van der Waals surface area contributed by atoms with Crippen molar-refractivity contribution in [2.75, 3.05) is 0 Å². The summed E-state index contributed by atoms with van der Waals surface area (Å²) in [5.41, 5.74) is 0. The van der Waals surface area contributed by atoms with Crippen molar-refractivity contribution in [3.05, 3.63) is 24.3 Å². The molecular formula is C84H164. The van der Waals surface area contributed by atoms with E-state index in [9.17, 15) is 0 Å². The summed E-state index contributed by atoms with van der Waals surface area (Å²) in [5.74, 6) is 26.2. The highest BCUT2D eigenvalue weighted by Gasteiger charge is 2.30. The van der Waals surface area contributed by atoms with Gasteiger partial charge in [-0.25, -0.2) is 0 Å². The highest BCUT2D eigenvalue weighted by atomic mass is 14.4. The molecule has 6 unspecified atom stereocenters. The van der Waals surface area contributed by atoms with Crippen molar-refractivity contribution in [1.82, 2.24) is 0 Å². The molecule has 7 rings (SSSR count). The van der Waals surface area contributed by atoms with Gasteiger partial charge in [-0.05, 0) is 294 Å². The normalized spacial score (nSPS) is 30.8. The lowest BCUT2D eigenvalue weighted by Crippen LogP contribution is -2.21. The summed E-state index contributed by atoms with van der Waals surface area (Å²) < 4.78 is 0. The predicted octanol–water partition coefficient (Wildman–Crippen LogP) is 28.3. The summed E-state index contributed by atoms with van der Waals surface area (Å²) in [6.45, 7) is 66.0. The first-order valence-electron chi connectivity index (χ1n) is 38.6. The average Bonchev–Trinajstić information content (AvgIpc) is 4.17. The highest BCUT2D eigenvalue weighted by molar-refractivity contribution is 5.03. The first-order valence-corrected chi connectivity index (χ1v) is 38.6. The Bertz CT molecular complexity index is 1410. The van der Waals surface area contributed by atoms with E-state index in [0.717, 1.165) is 166 Å². The van der Waals surface area contributed by atoms with Crippen LogP contribution < -0.4 is 0 Å². The molecule has 0 radical (unpaired) electrons. The molecule has 0 nitrogen and oxygen atoms in total. The van der Waals surface area contributed by atoms with Gasteiger partial charge >= 0.3 is 0 Å². The summed E-state index contributed by atoms with van der Waals surface area (Å²) in [7, 11) is 0. The molecule has 500 valence electrons. The molecule has 6 atom stereocenters. The molecule has 0 aromatic carbocycles. The van der Waals surface area contributed by atoms with E-state index in [4.69, 9.17) is 0 Å².